The zero-order valence-corrected chi connectivity index (χ0v) is 16.3. The van der Waals surface area contributed by atoms with E-state index in [0.717, 1.165) is 12.1 Å². The molecule has 1 amide bonds. The Morgan fingerprint density at radius 3 is 2.58 bits per heavy atom. The van der Waals surface area contributed by atoms with Gasteiger partial charge in [-0.05, 0) is 41.8 Å². The van der Waals surface area contributed by atoms with Gasteiger partial charge in [-0.2, -0.15) is 0 Å². The number of aromatic amines is 2. The number of carbonyl (C=O) groups excluding carboxylic acids is 1. The lowest BCUT2D eigenvalue weighted by atomic mass is 9.95. The molecule has 2 aromatic carbocycles. The number of fused-ring (bicyclic) bond motifs is 4. The number of nitrogens with one attached hydrogen (secondary N) is 2. The molecule has 0 unspecified atom stereocenters. The molecule has 0 saturated heterocycles. The molecule has 0 radical (unpaired) electrons. The highest BCUT2D eigenvalue weighted by Crippen LogP contribution is 2.34. The summed E-state index contributed by atoms with van der Waals surface area (Å²) in [5, 5.41) is 0.764. The van der Waals surface area contributed by atoms with Crippen LogP contribution in [0.4, 0.5) is 13.2 Å². The van der Waals surface area contributed by atoms with E-state index in [0.29, 0.717) is 22.2 Å². The van der Waals surface area contributed by atoms with Gasteiger partial charge in [0.05, 0.1) is 24.6 Å². The molecule has 3 heterocycles. The van der Waals surface area contributed by atoms with E-state index in [1.54, 1.807) is 13.1 Å². The standard InChI is InChI=1S/C22H16F3N3O3/c1-28(22(30)17-5-10-4-11(23)2-3-16(10)26-17)19-9-31-8-18-20(19)12-6-14(24)15(25)7-13(12)21(29)27-18/h2-7,19,26H,8-9H2,1H3,(H,27,29)/t19-/m0/s1. The largest absolute Gasteiger partial charge is 0.373 e. The van der Waals surface area contributed by atoms with Gasteiger partial charge in [0.25, 0.3) is 11.5 Å². The Labute approximate surface area is 173 Å². The number of hydrogen-bond acceptors (Lipinski definition) is 3. The Morgan fingerprint density at radius 2 is 1.81 bits per heavy atom. The Hall–Kier alpha value is -3.59. The molecular formula is C22H16F3N3O3. The Bertz CT molecular complexity index is 1430. The van der Waals surface area contributed by atoms with Gasteiger partial charge in [0.1, 0.15) is 11.5 Å². The lowest BCUT2D eigenvalue weighted by Gasteiger charge is -2.33. The van der Waals surface area contributed by atoms with Crippen molar-refractivity contribution in [2.24, 2.45) is 0 Å². The topological polar surface area (TPSA) is 78.2 Å². The van der Waals surface area contributed by atoms with E-state index in [1.807, 2.05) is 0 Å². The molecule has 1 atom stereocenters. The van der Waals surface area contributed by atoms with Crippen LogP contribution in [0, 0.1) is 17.5 Å². The summed E-state index contributed by atoms with van der Waals surface area (Å²) in [6.07, 6.45) is 0. The van der Waals surface area contributed by atoms with Crippen LogP contribution >= 0.6 is 0 Å². The van der Waals surface area contributed by atoms with Crippen molar-refractivity contribution in [2.75, 3.05) is 13.7 Å². The summed E-state index contributed by atoms with van der Waals surface area (Å²) in [5.74, 6) is -3.04. The number of amides is 1. The summed E-state index contributed by atoms with van der Waals surface area (Å²) < 4.78 is 46.8. The van der Waals surface area contributed by atoms with Crippen molar-refractivity contribution < 1.29 is 22.7 Å². The first-order valence-corrected chi connectivity index (χ1v) is 9.50. The molecule has 2 N–H and O–H groups in total. The van der Waals surface area contributed by atoms with Crippen molar-refractivity contribution in [1.29, 1.82) is 0 Å². The maximum absolute atomic E-state index is 14.0. The van der Waals surface area contributed by atoms with E-state index >= 15 is 0 Å². The third kappa shape index (κ3) is 3.09. The van der Waals surface area contributed by atoms with Gasteiger partial charge < -0.3 is 19.6 Å². The van der Waals surface area contributed by atoms with Crippen LogP contribution < -0.4 is 5.56 Å². The van der Waals surface area contributed by atoms with Gasteiger partial charge in [-0.25, -0.2) is 13.2 Å². The second-order valence-electron chi connectivity index (χ2n) is 7.52. The molecule has 0 saturated carbocycles. The van der Waals surface area contributed by atoms with Gasteiger partial charge in [-0.1, -0.05) is 0 Å². The quantitative estimate of drug-likeness (QED) is 0.511. The smallest absolute Gasteiger partial charge is 0.270 e. The minimum atomic E-state index is -1.13. The zero-order valence-electron chi connectivity index (χ0n) is 16.3. The maximum atomic E-state index is 14.0. The van der Waals surface area contributed by atoms with Gasteiger partial charge in [-0.3, -0.25) is 9.59 Å². The van der Waals surface area contributed by atoms with Crippen LogP contribution in [0.2, 0.25) is 0 Å². The summed E-state index contributed by atoms with van der Waals surface area (Å²) in [6.45, 7) is 0.175. The highest BCUT2D eigenvalue weighted by atomic mass is 19.2. The van der Waals surface area contributed by atoms with Crippen LogP contribution in [0.5, 0.6) is 0 Å². The van der Waals surface area contributed by atoms with Gasteiger partial charge >= 0.3 is 0 Å². The van der Waals surface area contributed by atoms with Crippen LogP contribution in [0.3, 0.4) is 0 Å². The van der Waals surface area contributed by atoms with Crippen molar-refractivity contribution in [1.82, 2.24) is 14.9 Å². The fraction of sp³-hybridized carbons (Fsp3) is 0.182. The van der Waals surface area contributed by atoms with E-state index < -0.39 is 35.0 Å². The van der Waals surface area contributed by atoms with Gasteiger partial charge in [0.15, 0.2) is 11.6 Å². The number of halogens is 3. The second kappa shape index (κ2) is 6.98. The third-order valence-electron chi connectivity index (χ3n) is 5.64. The molecule has 31 heavy (non-hydrogen) atoms. The normalized spacial score (nSPS) is 15.9. The van der Waals surface area contributed by atoms with Crippen LogP contribution in [-0.4, -0.2) is 34.4 Å². The Kier molecular flexibility index (Phi) is 4.37. The molecule has 0 fully saturated rings. The summed E-state index contributed by atoms with van der Waals surface area (Å²) in [7, 11) is 1.55. The summed E-state index contributed by atoms with van der Waals surface area (Å²) >= 11 is 0. The Balaban J connectivity index is 1.61. The van der Waals surface area contributed by atoms with Gasteiger partial charge in [0.2, 0.25) is 0 Å². The first kappa shape index (κ1) is 19.4. The molecule has 5 rings (SSSR count). The fourth-order valence-electron chi connectivity index (χ4n) is 4.10. The van der Waals surface area contributed by atoms with Crippen molar-refractivity contribution in [2.45, 2.75) is 12.6 Å². The van der Waals surface area contributed by atoms with E-state index in [9.17, 15) is 22.8 Å². The highest BCUT2D eigenvalue weighted by molar-refractivity contribution is 5.98. The molecule has 0 spiro atoms. The maximum Gasteiger partial charge on any atom is 0.270 e. The number of carbonyl (C=O) groups is 1. The van der Waals surface area contributed by atoms with Gasteiger partial charge in [-0.15, -0.1) is 0 Å². The molecule has 9 heteroatoms. The number of likely N-dealkylation sites (N-methyl/N-ethyl adjacent to an activating group) is 1. The molecule has 1 aliphatic heterocycles. The average molecular weight is 427 g/mol. The predicted molar refractivity (Wildman–Crippen MR) is 107 cm³/mol. The van der Waals surface area contributed by atoms with Crippen molar-refractivity contribution in [3.8, 4) is 0 Å². The molecule has 4 aromatic rings. The lowest BCUT2D eigenvalue weighted by molar-refractivity contribution is 0.0333. The van der Waals surface area contributed by atoms with Crippen LogP contribution in [0.25, 0.3) is 21.7 Å². The van der Waals surface area contributed by atoms with E-state index in [-0.39, 0.29) is 29.7 Å². The SMILES string of the molecule is CN(C(=O)c1cc2cc(F)ccc2[nH]1)[C@H]1COCc2[nH]c(=O)c3cc(F)c(F)cc3c21. The third-order valence-corrected chi connectivity index (χ3v) is 5.64. The minimum absolute atomic E-state index is 0.00788. The molecule has 6 nitrogen and oxygen atoms in total. The van der Waals surface area contributed by atoms with Crippen molar-refractivity contribution >= 4 is 27.6 Å². The molecule has 0 aliphatic carbocycles. The first-order valence-electron chi connectivity index (χ1n) is 9.50. The fourth-order valence-corrected chi connectivity index (χ4v) is 4.10. The van der Waals surface area contributed by atoms with Crippen molar-refractivity contribution in [3.63, 3.8) is 0 Å². The molecular weight excluding hydrogens is 411 g/mol. The van der Waals surface area contributed by atoms with Crippen molar-refractivity contribution in [3.05, 3.63) is 81.2 Å². The molecule has 2 aromatic heterocycles. The average Bonchev–Trinajstić information content (AvgIpc) is 3.17. The number of rotatable bonds is 2. The van der Waals surface area contributed by atoms with E-state index in [1.165, 1.54) is 23.1 Å². The van der Waals surface area contributed by atoms with Crippen LogP contribution in [-0.2, 0) is 11.3 Å². The number of H-pyrrole nitrogens is 2. The van der Waals surface area contributed by atoms with Gasteiger partial charge in [0, 0.05) is 29.2 Å². The summed E-state index contributed by atoms with van der Waals surface area (Å²) in [6, 6.07) is 6.85. The lowest BCUT2D eigenvalue weighted by Crippen LogP contribution is -2.37. The van der Waals surface area contributed by atoms with Crippen LogP contribution in [0.15, 0.2) is 41.2 Å². The summed E-state index contributed by atoms with van der Waals surface area (Å²) in [4.78, 5) is 32.5. The number of pyridine rings is 1. The number of hydrogen-bond donors (Lipinski definition) is 2. The number of benzene rings is 2. The predicted octanol–water partition coefficient (Wildman–Crippen LogP) is 3.77. The number of aromatic nitrogens is 2. The van der Waals surface area contributed by atoms with E-state index in [2.05, 4.69) is 9.97 Å². The number of ether oxygens (including phenoxy) is 1. The first-order chi connectivity index (χ1) is 14.8. The molecule has 1 aliphatic rings. The highest BCUT2D eigenvalue weighted by Gasteiger charge is 2.32. The molecule has 158 valence electrons. The number of nitrogens with zero attached hydrogens (tertiary/aromatic N) is 1. The van der Waals surface area contributed by atoms with E-state index in [4.69, 9.17) is 4.74 Å². The van der Waals surface area contributed by atoms with Crippen LogP contribution in [0.1, 0.15) is 27.8 Å². The second-order valence-corrected chi connectivity index (χ2v) is 7.52. The zero-order chi connectivity index (χ0) is 21.9. The summed E-state index contributed by atoms with van der Waals surface area (Å²) in [5.41, 5.74) is 1.17. The monoisotopic (exact) mass is 427 g/mol. The minimum Gasteiger partial charge on any atom is -0.373 e. The molecule has 0 bridgehead atoms. The Morgan fingerprint density at radius 1 is 1.06 bits per heavy atom.